The van der Waals surface area contributed by atoms with E-state index in [1.165, 1.54) is 10.9 Å². The maximum absolute atomic E-state index is 5.83. The molecule has 120 valence electrons. The van der Waals surface area contributed by atoms with Crippen LogP contribution in [0.15, 0.2) is 72.2 Å². The summed E-state index contributed by atoms with van der Waals surface area (Å²) < 4.78 is 5.83. The maximum atomic E-state index is 5.83. The Morgan fingerprint density at radius 1 is 1.04 bits per heavy atom. The van der Waals surface area contributed by atoms with Gasteiger partial charge in [-0.1, -0.05) is 55.1 Å². The van der Waals surface area contributed by atoms with Gasteiger partial charge in [-0.25, -0.2) is 0 Å². The third-order valence-electron chi connectivity index (χ3n) is 3.98. The second kappa shape index (κ2) is 7.14. The van der Waals surface area contributed by atoms with E-state index >= 15 is 0 Å². The van der Waals surface area contributed by atoms with Crippen molar-refractivity contribution in [3.05, 3.63) is 83.9 Å². The van der Waals surface area contributed by atoms with E-state index in [0.29, 0.717) is 6.61 Å². The molecule has 0 saturated carbocycles. The molecule has 0 spiro atoms. The molecule has 0 aliphatic carbocycles. The van der Waals surface area contributed by atoms with Crippen molar-refractivity contribution >= 4 is 22.7 Å². The SMILES string of the molecule is C=CCOc1ccc2ccccc2c1C=Nc1cc(C)ccc1C. The fourth-order valence-corrected chi connectivity index (χ4v) is 2.68. The number of ether oxygens (including phenoxy) is 1. The molecule has 2 nitrogen and oxygen atoms in total. The summed E-state index contributed by atoms with van der Waals surface area (Å²) in [4.78, 5) is 4.72. The molecule has 0 radical (unpaired) electrons. The Balaban J connectivity index is 2.10. The van der Waals surface area contributed by atoms with Crippen LogP contribution in [-0.4, -0.2) is 12.8 Å². The van der Waals surface area contributed by atoms with Gasteiger partial charge in [0, 0.05) is 11.8 Å². The highest BCUT2D eigenvalue weighted by Crippen LogP contribution is 2.28. The highest BCUT2D eigenvalue weighted by Gasteiger charge is 2.07. The number of aryl methyl sites for hydroxylation is 2. The lowest BCUT2D eigenvalue weighted by Gasteiger charge is -2.10. The summed E-state index contributed by atoms with van der Waals surface area (Å²) in [6.45, 7) is 8.35. The first-order valence-electron chi connectivity index (χ1n) is 8.06. The van der Waals surface area contributed by atoms with Gasteiger partial charge in [-0.3, -0.25) is 4.99 Å². The lowest BCUT2D eigenvalue weighted by Crippen LogP contribution is -1.98. The number of benzene rings is 3. The van der Waals surface area contributed by atoms with Crippen molar-refractivity contribution in [3.63, 3.8) is 0 Å². The lowest BCUT2D eigenvalue weighted by molar-refractivity contribution is 0.363. The number of aliphatic imine (C=N–C) groups is 1. The Bertz CT molecular complexity index is 909. The molecule has 0 unspecified atom stereocenters. The zero-order chi connectivity index (χ0) is 16.9. The maximum Gasteiger partial charge on any atom is 0.129 e. The summed E-state index contributed by atoms with van der Waals surface area (Å²) in [5.74, 6) is 0.822. The molecule has 0 N–H and O–H groups in total. The van der Waals surface area contributed by atoms with E-state index < -0.39 is 0 Å². The van der Waals surface area contributed by atoms with Gasteiger partial charge in [-0.15, -0.1) is 0 Å². The summed E-state index contributed by atoms with van der Waals surface area (Å²) >= 11 is 0. The normalized spacial score (nSPS) is 11.1. The van der Waals surface area contributed by atoms with Crippen molar-refractivity contribution in [1.29, 1.82) is 0 Å². The van der Waals surface area contributed by atoms with Gasteiger partial charge in [0.25, 0.3) is 0 Å². The largest absolute Gasteiger partial charge is 0.489 e. The Kier molecular flexibility index (Phi) is 4.76. The third-order valence-corrected chi connectivity index (χ3v) is 3.98. The van der Waals surface area contributed by atoms with Gasteiger partial charge in [-0.05, 0) is 47.9 Å². The first-order chi connectivity index (χ1) is 11.7. The molecular formula is C22H21NO. The Labute approximate surface area is 143 Å². The van der Waals surface area contributed by atoms with Crippen molar-refractivity contribution in [2.24, 2.45) is 4.99 Å². The van der Waals surface area contributed by atoms with Gasteiger partial charge in [0.05, 0.1) is 5.69 Å². The van der Waals surface area contributed by atoms with Crippen LogP contribution in [0.5, 0.6) is 5.75 Å². The molecule has 0 fully saturated rings. The van der Waals surface area contributed by atoms with Gasteiger partial charge >= 0.3 is 0 Å². The molecule has 0 bridgehead atoms. The molecule has 0 aliphatic rings. The Hall–Kier alpha value is -2.87. The van der Waals surface area contributed by atoms with E-state index in [9.17, 15) is 0 Å². The van der Waals surface area contributed by atoms with Gasteiger partial charge in [0.15, 0.2) is 0 Å². The summed E-state index contributed by atoms with van der Waals surface area (Å²) in [7, 11) is 0. The van der Waals surface area contributed by atoms with Crippen LogP contribution in [0.3, 0.4) is 0 Å². The Morgan fingerprint density at radius 3 is 2.71 bits per heavy atom. The quantitative estimate of drug-likeness (QED) is 0.432. The number of hydrogen-bond acceptors (Lipinski definition) is 2. The molecule has 0 amide bonds. The van der Waals surface area contributed by atoms with E-state index in [4.69, 9.17) is 9.73 Å². The van der Waals surface area contributed by atoms with Crippen molar-refractivity contribution in [2.45, 2.75) is 13.8 Å². The average Bonchev–Trinajstić information content (AvgIpc) is 2.61. The molecule has 0 heterocycles. The first-order valence-corrected chi connectivity index (χ1v) is 8.06. The fraction of sp³-hybridized carbons (Fsp3) is 0.136. The molecule has 2 heteroatoms. The molecule has 0 atom stereocenters. The highest BCUT2D eigenvalue weighted by atomic mass is 16.5. The molecular weight excluding hydrogens is 294 g/mol. The average molecular weight is 315 g/mol. The molecule has 0 aromatic heterocycles. The van der Waals surface area contributed by atoms with Crippen molar-refractivity contribution in [2.75, 3.05) is 6.61 Å². The van der Waals surface area contributed by atoms with Crippen LogP contribution < -0.4 is 4.74 Å². The molecule has 3 aromatic rings. The third kappa shape index (κ3) is 3.38. The number of fused-ring (bicyclic) bond motifs is 1. The monoisotopic (exact) mass is 315 g/mol. The first kappa shape index (κ1) is 16.0. The Morgan fingerprint density at radius 2 is 1.88 bits per heavy atom. The van der Waals surface area contributed by atoms with Crippen LogP contribution in [0, 0.1) is 13.8 Å². The van der Waals surface area contributed by atoms with E-state index in [-0.39, 0.29) is 0 Å². The topological polar surface area (TPSA) is 21.6 Å². The van der Waals surface area contributed by atoms with Crippen molar-refractivity contribution < 1.29 is 4.74 Å². The lowest BCUT2D eigenvalue weighted by atomic mass is 10.0. The summed E-state index contributed by atoms with van der Waals surface area (Å²) in [6.07, 6.45) is 3.66. The minimum Gasteiger partial charge on any atom is -0.489 e. The summed E-state index contributed by atoms with van der Waals surface area (Å²) in [5, 5.41) is 2.30. The predicted octanol–water partition coefficient (Wildman–Crippen LogP) is 5.77. The molecule has 24 heavy (non-hydrogen) atoms. The van der Waals surface area contributed by atoms with E-state index in [1.54, 1.807) is 6.08 Å². The van der Waals surface area contributed by atoms with E-state index in [2.05, 4.69) is 56.8 Å². The predicted molar refractivity (Wildman–Crippen MR) is 103 cm³/mol. The van der Waals surface area contributed by atoms with Crippen LogP contribution in [0.4, 0.5) is 5.69 Å². The van der Waals surface area contributed by atoms with Crippen LogP contribution in [0.2, 0.25) is 0 Å². The van der Waals surface area contributed by atoms with E-state index in [1.807, 2.05) is 24.4 Å². The molecule has 0 saturated heterocycles. The number of nitrogens with zero attached hydrogens (tertiary/aromatic N) is 1. The van der Waals surface area contributed by atoms with Crippen LogP contribution >= 0.6 is 0 Å². The second-order valence-corrected chi connectivity index (χ2v) is 5.85. The van der Waals surface area contributed by atoms with Crippen LogP contribution in [0.25, 0.3) is 10.8 Å². The van der Waals surface area contributed by atoms with Crippen molar-refractivity contribution in [3.8, 4) is 5.75 Å². The minimum atomic E-state index is 0.475. The zero-order valence-corrected chi connectivity index (χ0v) is 14.1. The smallest absolute Gasteiger partial charge is 0.129 e. The summed E-state index contributed by atoms with van der Waals surface area (Å²) in [6, 6.07) is 18.6. The molecule has 0 aliphatic heterocycles. The van der Waals surface area contributed by atoms with E-state index in [0.717, 1.165) is 28.0 Å². The fourth-order valence-electron chi connectivity index (χ4n) is 2.68. The molecule has 3 rings (SSSR count). The van der Waals surface area contributed by atoms with Crippen LogP contribution in [0.1, 0.15) is 16.7 Å². The van der Waals surface area contributed by atoms with Crippen LogP contribution in [-0.2, 0) is 0 Å². The van der Waals surface area contributed by atoms with Gasteiger partial charge in [0.1, 0.15) is 12.4 Å². The second-order valence-electron chi connectivity index (χ2n) is 5.85. The number of hydrogen-bond donors (Lipinski definition) is 0. The van der Waals surface area contributed by atoms with Crippen molar-refractivity contribution in [1.82, 2.24) is 0 Å². The van der Waals surface area contributed by atoms with Gasteiger partial charge in [-0.2, -0.15) is 0 Å². The minimum absolute atomic E-state index is 0.475. The van der Waals surface area contributed by atoms with Gasteiger partial charge in [0.2, 0.25) is 0 Å². The zero-order valence-electron chi connectivity index (χ0n) is 14.1. The standard InChI is InChI=1S/C22H21NO/c1-4-13-24-22-12-11-18-7-5-6-8-19(18)20(22)15-23-21-14-16(2)9-10-17(21)3/h4-12,14-15H,1,13H2,2-3H3. The number of rotatable bonds is 5. The summed E-state index contributed by atoms with van der Waals surface area (Å²) in [5.41, 5.74) is 4.34. The highest BCUT2D eigenvalue weighted by molar-refractivity contribution is 6.03. The van der Waals surface area contributed by atoms with Gasteiger partial charge < -0.3 is 4.74 Å². The molecule has 3 aromatic carbocycles.